The number of aliphatic hydroxyl groups excluding tert-OH is 1. The minimum absolute atomic E-state index is 0.000111. The number of aliphatic hydroxyl groups is 1. The van der Waals surface area contributed by atoms with Crippen LogP contribution in [0.4, 0.5) is 0 Å². The van der Waals surface area contributed by atoms with Crippen LogP contribution in [0.5, 0.6) is 0 Å². The molecule has 0 saturated carbocycles. The number of ether oxygens (including phenoxy) is 2. The normalized spacial score (nSPS) is 13.5. The average molecular weight is 253 g/mol. The molecule has 0 radical (unpaired) electrons. The van der Waals surface area contributed by atoms with Gasteiger partial charge in [0.1, 0.15) is 12.8 Å². The summed E-state index contributed by atoms with van der Waals surface area (Å²) in [6.07, 6.45) is -1.65. The number of nitrogens with two attached hydrogens (primary N) is 1. The van der Waals surface area contributed by atoms with Crippen molar-refractivity contribution < 1.29 is 24.2 Å². The van der Waals surface area contributed by atoms with Crippen LogP contribution in [0.25, 0.3) is 0 Å². The molecule has 0 fully saturated rings. The number of carbonyl (C=O) groups is 2. The van der Waals surface area contributed by atoms with Gasteiger partial charge in [-0.05, 0) is 5.56 Å². The highest BCUT2D eigenvalue weighted by Gasteiger charge is 2.34. The number of rotatable bonds is 5. The summed E-state index contributed by atoms with van der Waals surface area (Å²) >= 11 is 0. The third-order valence-corrected chi connectivity index (χ3v) is 2.27. The number of esters is 2. The van der Waals surface area contributed by atoms with Crippen molar-refractivity contribution in [1.29, 1.82) is 0 Å². The lowest BCUT2D eigenvalue weighted by atomic mass is 10.1. The number of hydrogen-bond acceptors (Lipinski definition) is 6. The highest BCUT2D eigenvalue weighted by atomic mass is 16.6. The highest BCUT2D eigenvalue weighted by molar-refractivity contribution is 5.95. The van der Waals surface area contributed by atoms with Gasteiger partial charge in [-0.1, -0.05) is 30.3 Å². The van der Waals surface area contributed by atoms with Gasteiger partial charge >= 0.3 is 11.9 Å². The molecule has 6 nitrogen and oxygen atoms in total. The number of carbonyl (C=O) groups excluding carboxylic acids is 2. The Balaban J connectivity index is 2.60. The molecule has 98 valence electrons. The van der Waals surface area contributed by atoms with Gasteiger partial charge in [0.2, 0.25) is 0 Å². The highest BCUT2D eigenvalue weighted by Crippen LogP contribution is 2.08. The van der Waals surface area contributed by atoms with Gasteiger partial charge in [0, 0.05) is 0 Å². The Hall–Kier alpha value is -1.92. The summed E-state index contributed by atoms with van der Waals surface area (Å²) in [4.78, 5) is 22.8. The molecule has 0 aromatic heterocycles. The van der Waals surface area contributed by atoms with Crippen molar-refractivity contribution in [2.24, 2.45) is 11.7 Å². The molecule has 2 atom stereocenters. The maximum absolute atomic E-state index is 11.6. The first-order valence-corrected chi connectivity index (χ1v) is 5.28. The Morgan fingerprint density at radius 2 is 1.89 bits per heavy atom. The third kappa shape index (κ3) is 3.83. The summed E-state index contributed by atoms with van der Waals surface area (Å²) in [7, 11) is 1.10. The smallest absolute Gasteiger partial charge is 0.324 e. The molecule has 0 amide bonds. The maximum Gasteiger partial charge on any atom is 0.324 e. The quantitative estimate of drug-likeness (QED) is 0.428. The Morgan fingerprint density at radius 3 is 2.39 bits per heavy atom. The van der Waals surface area contributed by atoms with E-state index in [1.54, 1.807) is 24.3 Å². The Morgan fingerprint density at radius 1 is 1.28 bits per heavy atom. The zero-order valence-electron chi connectivity index (χ0n) is 9.91. The second-order valence-electron chi connectivity index (χ2n) is 3.58. The van der Waals surface area contributed by atoms with Crippen LogP contribution in [0.1, 0.15) is 5.56 Å². The van der Waals surface area contributed by atoms with Gasteiger partial charge in [0.15, 0.2) is 5.92 Å². The van der Waals surface area contributed by atoms with Gasteiger partial charge in [-0.2, -0.15) is 0 Å². The topological polar surface area (TPSA) is 98.9 Å². The van der Waals surface area contributed by atoms with E-state index in [4.69, 9.17) is 15.6 Å². The predicted molar refractivity (Wildman–Crippen MR) is 61.9 cm³/mol. The van der Waals surface area contributed by atoms with Gasteiger partial charge in [0.25, 0.3) is 0 Å². The lowest BCUT2D eigenvalue weighted by molar-refractivity contribution is -0.166. The fourth-order valence-corrected chi connectivity index (χ4v) is 1.32. The van der Waals surface area contributed by atoms with Crippen molar-refractivity contribution in [3.05, 3.63) is 35.9 Å². The van der Waals surface area contributed by atoms with Crippen LogP contribution in [0, 0.1) is 5.92 Å². The van der Waals surface area contributed by atoms with Crippen LogP contribution in [-0.4, -0.2) is 30.4 Å². The van der Waals surface area contributed by atoms with E-state index < -0.39 is 24.1 Å². The number of hydrogen-bond donors (Lipinski definition) is 2. The SMILES string of the molecule is COC(=O)[C@H](C(=O)OCc1ccccc1)C(N)O. The van der Waals surface area contributed by atoms with Crippen LogP contribution in [0.2, 0.25) is 0 Å². The molecular formula is C12H15NO5. The molecule has 1 aromatic carbocycles. The third-order valence-electron chi connectivity index (χ3n) is 2.27. The van der Waals surface area contributed by atoms with Crippen molar-refractivity contribution in [3.63, 3.8) is 0 Å². The molecule has 0 spiro atoms. The fourth-order valence-electron chi connectivity index (χ4n) is 1.32. The Bertz CT molecular complexity index is 404. The summed E-state index contributed by atoms with van der Waals surface area (Å²) < 4.78 is 9.26. The molecule has 0 heterocycles. The first-order valence-electron chi connectivity index (χ1n) is 5.28. The van der Waals surface area contributed by atoms with Gasteiger partial charge in [-0.15, -0.1) is 0 Å². The van der Waals surface area contributed by atoms with Crippen LogP contribution in [-0.2, 0) is 25.7 Å². The first kappa shape index (κ1) is 14.1. The predicted octanol–water partition coefficient (Wildman–Crippen LogP) is -0.204. The molecule has 0 bridgehead atoms. The minimum atomic E-state index is -1.65. The minimum Gasteiger partial charge on any atom is -0.468 e. The van der Waals surface area contributed by atoms with E-state index in [0.29, 0.717) is 0 Å². The van der Waals surface area contributed by atoms with Crippen molar-refractivity contribution in [2.75, 3.05) is 7.11 Å². The molecule has 0 aliphatic heterocycles. The Kier molecular flexibility index (Phi) is 5.29. The van der Waals surface area contributed by atoms with Crippen LogP contribution in [0.3, 0.4) is 0 Å². The molecule has 3 N–H and O–H groups in total. The summed E-state index contributed by atoms with van der Waals surface area (Å²) in [5, 5.41) is 9.16. The Labute approximate surface area is 104 Å². The van der Waals surface area contributed by atoms with E-state index in [0.717, 1.165) is 12.7 Å². The van der Waals surface area contributed by atoms with E-state index in [9.17, 15) is 9.59 Å². The largest absolute Gasteiger partial charge is 0.468 e. The molecule has 0 aliphatic rings. The number of methoxy groups -OCH3 is 1. The second kappa shape index (κ2) is 6.73. The second-order valence-corrected chi connectivity index (χ2v) is 3.58. The summed E-state index contributed by atoms with van der Waals surface area (Å²) in [6, 6.07) is 8.93. The van der Waals surface area contributed by atoms with Gasteiger partial charge in [0.05, 0.1) is 7.11 Å². The maximum atomic E-state index is 11.6. The van der Waals surface area contributed by atoms with E-state index in [-0.39, 0.29) is 6.61 Å². The van der Waals surface area contributed by atoms with Crippen LogP contribution >= 0.6 is 0 Å². The zero-order valence-corrected chi connectivity index (χ0v) is 9.91. The molecule has 1 aromatic rings. The van der Waals surface area contributed by atoms with Crippen molar-refractivity contribution in [1.82, 2.24) is 0 Å². The van der Waals surface area contributed by atoms with E-state index >= 15 is 0 Å². The summed E-state index contributed by atoms with van der Waals surface area (Å²) in [5.41, 5.74) is 5.90. The van der Waals surface area contributed by atoms with Crippen LogP contribution in [0.15, 0.2) is 30.3 Å². The fraction of sp³-hybridized carbons (Fsp3) is 0.333. The molecule has 6 heteroatoms. The molecular weight excluding hydrogens is 238 g/mol. The van der Waals surface area contributed by atoms with Gasteiger partial charge in [-0.3, -0.25) is 9.59 Å². The van der Waals surface area contributed by atoms with E-state index in [1.165, 1.54) is 0 Å². The molecule has 18 heavy (non-hydrogen) atoms. The standard InChI is InChI=1S/C12H15NO5/c1-17-11(15)9(10(13)14)12(16)18-7-8-5-3-2-4-6-8/h2-6,9-10,14H,7,13H2,1H3/t9-,10?/m1/s1. The monoisotopic (exact) mass is 253 g/mol. The molecule has 1 unspecified atom stereocenters. The van der Waals surface area contributed by atoms with E-state index in [1.807, 2.05) is 6.07 Å². The van der Waals surface area contributed by atoms with Crippen molar-refractivity contribution in [3.8, 4) is 0 Å². The van der Waals surface area contributed by atoms with Crippen molar-refractivity contribution in [2.45, 2.75) is 12.8 Å². The number of benzene rings is 1. The van der Waals surface area contributed by atoms with E-state index in [2.05, 4.69) is 4.74 Å². The lowest BCUT2D eigenvalue weighted by Gasteiger charge is -2.16. The lowest BCUT2D eigenvalue weighted by Crippen LogP contribution is -2.42. The van der Waals surface area contributed by atoms with Crippen molar-refractivity contribution >= 4 is 11.9 Å². The summed E-state index contributed by atoms with van der Waals surface area (Å²) in [5.74, 6) is -3.37. The molecule has 0 saturated heterocycles. The molecule has 0 aliphatic carbocycles. The first-order chi connectivity index (χ1) is 8.56. The summed E-state index contributed by atoms with van der Waals surface area (Å²) in [6.45, 7) is -0.000111. The average Bonchev–Trinajstić information content (AvgIpc) is 2.37. The zero-order chi connectivity index (χ0) is 13.5. The van der Waals surface area contributed by atoms with Gasteiger partial charge in [-0.25, -0.2) is 0 Å². The molecule has 1 rings (SSSR count). The van der Waals surface area contributed by atoms with Crippen LogP contribution < -0.4 is 5.73 Å². The van der Waals surface area contributed by atoms with Gasteiger partial charge < -0.3 is 20.3 Å².